The van der Waals surface area contributed by atoms with Crippen LogP contribution in [0, 0.1) is 0 Å². The monoisotopic (exact) mass is 182 g/mol. The summed E-state index contributed by atoms with van der Waals surface area (Å²) in [5.41, 5.74) is -0.931. The first-order valence-electron chi connectivity index (χ1n) is 2.81. The van der Waals surface area contributed by atoms with Gasteiger partial charge in [-0.2, -0.15) is 0 Å². The van der Waals surface area contributed by atoms with Crippen molar-refractivity contribution in [3.8, 4) is 0 Å². The molecule has 0 saturated heterocycles. The van der Waals surface area contributed by atoms with Gasteiger partial charge in [-0.1, -0.05) is 23.9 Å². The van der Waals surface area contributed by atoms with E-state index in [-0.39, 0.29) is 0 Å². The van der Waals surface area contributed by atoms with Gasteiger partial charge in [0.2, 0.25) is 0 Å². The molecule has 0 bridgehead atoms. The van der Waals surface area contributed by atoms with Gasteiger partial charge in [0, 0.05) is 0 Å². The third kappa shape index (κ3) is 3.48. The summed E-state index contributed by atoms with van der Waals surface area (Å²) in [6, 6.07) is 0. The van der Waals surface area contributed by atoms with Gasteiger partial charge < -0.3 is 0 Å². The topological polar surface area (TPSA) is 9.23 Å². The molecule has 62 valence electrons. The number of thioether (sulfide) groups is 1. The first-order chi connectivity index (χ1) is 5.08. The average Bonchev–Trinajstić information content (AvgIpc) is 1.85. The quantitative estimate of drug-likeness (QED) is 0.616. The van der Waals surface area contributed by atoms with Crippen LogP contribution < -0.4 is 0 Å². The molecule has 0 aromatic carbocycles. The number of hydrogen-bond acceptors (Lipinski definition) is 2. The second kappa shape index (κ2) is 3.32. The number of hydrogen-bond donors (Lipinski definition) is 0. The van der Waals surface area contributed by atoms with Crippen LogP contribution in [0.15, 0.2) is 23.6 Å². The maximum atomic E-state index is 11.5. The van der Waals surface area contributed by atoms with Crippen LogP contribution in [0.1, 0.15) is 0 Å². The van der Waals surface area contributed by atoms with Crippen LogP contribution >= 0.6 is 11.8 Å². The number of alkyl halides is 3. The average molecular weight is 182 g/mol. The predicted octanol–water partition coefficient (Wildman–Crippen LogP) is 2.67. The lowest BCUT2D eigenvalue weighted by Crippen LogP contribution is -2.19. The fourth-order valence-electron chi connectivity index (χ4n) is 0.567. The van der Waals surface area contributed by atoms with Gasteiger partial charge in [0.15, 0.2) is 0 Å². The van der Waals surface area contributed by atoms with E-state index in [1.807, 2.05) is 0 Å². The molecule has 0 aromatic rings. The minimum Gasteiger partial charge on any atom is -0.273 e. The van der Waals surface area contributed by atoms with Crippen LogP contribution in [0.2, 0.25) is 0 Å². The molecule has 0 fully saturated rings. The molecule has 0 saturated carbocycles. The molecular weight excluding hydrogens is 177 g/mol. The van der Waals surface area contributed by atoms with Crippen LogP contribution in [0.5, 0.6) is 0 Å². The Bertz CT molecular complexity index is 185. The molecule has 0 aromatic heterocycles. The highest BCUT2D eigenvalue weighted by molar-refractivity contribution is 8.02. The summed E-state index contributed by atoms with van der Waals surface area (Å²) in [7, 11) is 0. The third-order valence-electron chi connectivity index (χ3n) is 0.920. The summed E-state index contributed by atoms with van der Waals surface area (Å²) in [6.45, 7) is 0. The fourth-order valence-corrected chi connectivity index (χ4v) is 1.25. The number of allylic oxidation sites excluding steroid dienone is 2. The van der Waals surface area contributed by atoms with Crippen LogP contribution in [-0.4, -0.2) is 11.8 Å². The maximum Gasteiger partial charge on any atom is 0.523 e. The van der Waals surface area contributed by atoms with Crippen molar-refractivity contribution in [3.63, 3.8) is 0 Å². The summed E-state index contributed by atoms with van der Waals surface area (Å²) < 4.78 is 38.3. The second-order valence-corrected chi connectivity index (χ2v) is 2.79. The zero-order valence-electron chi connectivity index (χ0n) is 5.34. The lowest BCUT2D eigenvalue weighted by Gasteiger charge is -2.14. The highest BCUT2D eigenvalue weighted by atomic mass is 32.2. The molecule has 0 radical (unpaired) electrons. The molecule has 0 N–H and O–H groups in total. The smallest absolute Gasteiger partial charge is 0.273 e. The third-order valence-corrected chi connectivity index (χ3v) is 1.76. The molecule has 1 atom stereocenters. The Morgan fingerprint density at radius 2 is 2.00 bits per heavy atom. The van der Waals surface area contributed by atoms with Crippen molar-refractivity contribution >= 4 is 11.8 Å². The lowest BCUT2D eigenvalue weighted by molar-refractivity contribution is -0.325. The Morgan fingerprint density at radius 1 is 1.27 bits per heavy atom. The zero-order chi connectivity index (χ0) is 8.32. The number of ether oxygens (including phenoxy) is 1. The van der Waals surface area contributed by atoms with E-state index < -0.39 is 11.8 Å². The van der Waals surface area contributed by atoms with E-state index in [9.17, 15) is 13.2 Å². The molecule has 1 rings (SSSR count). The van der Waals surface area contributed by atoms with Crippen molar-refractivity contribution in [2.45, 2.75) is 11.8 Å². The van der Waals surface area contributed by atoms with E-state index in [0.717, 1.165) is 11.8 Å². The van der Waals surface area contributed by atoms with Crippen LogP contribution in [0.3, 0.4) is 0 Å². The highest BCUT2D eigenvalue weighted by Gasteiger charge is 2.32. The fraction of sp³-hybridized carbons (Fsp3) is 0.333. The molecule has 5 heteroatoms. The molecule has 1 heterocycles. The van der Waals surface area contributed by atoms with Crippen molar-refractivity contribution in [2.75, 3.05) is 0 Å². The van der Waals surface area contributed by atoms with E-state index in [1.54, 1.807) is 11.5 Å². The van der Waals surface area contributed by atoms with Crippen LogP contribution in [0.25, 0.3) is 0 Å². The Labute approximate surface area is 65.9 Å². The summed E-state index contributed by atoms with van der Waals surface area (Å²) in [4.78, 5) is 0. The molecule has 1 aliphatic rings. The first-order valence-corrected chi connectivity index (χ1v) is 3.75. The van der Waals surface area contributed by atoms with Gasteiger partial charge in [0.05, 0.1) is 0 Å². The SMILES string of the molecule is FC(F)(F)OC1C=CC=CS1. The normalized spacial score (nSPS) is 24.1. The molecule has 11 heavy (non-hydrogen) atoms. The second-order valence-electron chi connectivity index (χ2n) is 1.78. The Kier molecular flexibility index (Phi) is 2.62. The van der Waals surface area contributed by atoms with Gasteiger partial charge in [-0.25, -0.2) is 0 Å². The highest BCUT2D eigenvalue weighted by Crippen LogP contribution is 2.27. The largest absolute Gasteiger partial charge is 0.523 e. The number of rotatable bonds is 1. The summed E-state index contributed by atoms with van der Waals surface area (Å²) >= 11 is 0.980. The predicted molar refractivity (Wildman–Crippen MR) is 36.8 cm³/mol. The van der Waals surface area contributed by atoms with Crippen molar-refractivity contribution < 1.29 is 17.9 Å². The van der Waals surface area contributed by atoms with Crippen molar-refractivity contribution in [3.05, 3.63) is 23.6 Å². The van der Waals surface area contributed by atoms with E-state index in [2.05, 4.69) is 4.74 Å². The summed E-state index contributed by atoms with van der Waals surface area (Å²) in [5.74, 6) is 0. The Morgan fingerprint density at radius 3 is 2.45 bits per heavy atom. The summed E-state index contributed by atoms with van der Waals surface area (Å²) in [5, 5.41) is 1.55. The molecule has 1 aliphatic heterocycles. The minimum absolute atomic E-state index is 0.931. The van der Waals surface area contributed by atoms with Crippen LogP contribution in [0.4, 0.5) is 13.2 Å². The molecule has 0 spiro atoms. The standard InChI is InChI=1S/C6H5F3OS/c7-6(8,9)10-5-3-1-2-4-11-5/h1-5H. The maximum absolute atomic E-state index is 11.5. The van der Waals surface area contributed by atoms with E-state index in [1.165, 1.54) is 12.2 Å². The minimum atomic E-state index is -4.55. The van der Waals surface area contributed by atoms with Gasteiger partial charge in [0.1, 0.15) is 5.44 Å². The van der Waals surface area contributed by atoms with E-state index in [0.29, 0.717) is 0 Å². The van der Waals surface area contributed by atoms with Crippen molar-refractivity contribution in [1.29, 1.82) is 0 Å². The lowest BCUT2D eigenvalue weighted by atomic mass is 10.5. The molecule has 0 amide bonds. The van der Waals surface area contributed by atoms with Gasteiger partial charge in [-0.15, -0.1) is 13.2 Å². The Balaban J connectivity index is 2.39. The summed E-state index contributed by atoms with van der Waals surface area (Å²) in [6.07, 6.45) is -0.0286. The molecule has 1 nitrogen and oxygen atoms in total. The van der Waals surface area contributed by atoms with Gasteiger partial charge in [-0.05, 0) is 11.5 Å². The van der Waals surface area contributed by atoms with Crippen molar-refractivity contribution in [1.82, 2.24) is 0 Å². The molecule has 1 unspecified atom stereocenters. The van der Waals surface area contributed by atoms with Crippen molar-refractivity contribution in [2.24, 2.45) is 0 Å². The van der Waals surface area contributed by atoms with Gasteiger partial charge in [-0.3, -0.25) is 4.74 Å². The molecule has 0 aliphatic carbocycles. The van der Waals surface area contributed by atoms with E-state index in [4.69, 9.17) is 0 Å². The van der Waals surface area contributed by atoms with E-state index >= 15 is 0 Å². The first kappa shape index (κ1) is 8.67. The van der Waals surface area contributed by atoms with Crippen LogP contribution in [-0.2, 0) is 4.74 Å². The Hall–Kier alpha value is -0.420. The number of halogens is 3. The van der Waals surface area contributed by atoms with Gasteiger partial charge >= 0.3 is 6.36 Å². The zero-order valence-corrected chi connectivity index (χ0v) is 6.15. The van der Waals surface area contributed by atoms with Gasteiger partial charge in [0.25, 0.3) is 0 Å². The molecular formula is C6H5F3OS.